The molecule has 4 aromatic rings. The number of benzene rings is 4. The summed E-state index contributed by atoms with van der Waals surface area (Å²) in [6.45, 7) is 27.1. The van der Waals surface area contributed by atoms with Crippen LogP contribution in [0.1, 0.15) is 22.3 Å². The third-order valence-electron chi connectivity index (χ3n) is 8.00. The van der Waals surface area contributed by atoms with Gasteiger partial charge in [0.15, 0.2) is 0 Å². The first-order chi connectivity index (χ1) is 29.1. The molecular formula is C52H64N4O2Si4. The molecule has 5 rings (SSSR count). The molecule has 320 valence electrons. The van der Waals surface area contributed by atoms with Crippen LogP contribution in [-0.2, 0) is 0 Å². The Morgan fingerprint density at radius 2 is 0.581 bits per heavy atom. The standard InChI is InChI=1S/C50H56N4Si4.2CH4O/c1-55(2,3)33-29-39-13-21-43(22-14-39)51-47-37-49(53-45-25-17-41(18-26-45)31-35-57(7,8)9)50(54-46-27-19-42(20-28-46)32-36-58(10,11)12)38-48(47)52-44-23-15-40(16-24-44)30-34-56(4,5)6;2*1-2/h13-28,37-38,51,54H,1-12H3;2*2H,1H3. The number of rotatable bonds is 6. The van der Waals surface area contributed by atoms with Crippen LogP contribution in [0.15, 0.2) is 131 Å². The summed E-state index contributed by atoms with van der Waals surface area (Å²) < 4.78 is 0. The van der Waals surface area contributed by atoms with E-state index in [-0.39, 0.29) is 0 Å². The van der Waals surface area contributed by atoms with Gasteiger partial charge in [-0.15, -0.1) is 22.2 Å². The fourth-order valence-corrected chi connectivity index (χ4v) is 7.18. The van der Waals surface area contributed by atoms with Crippen LogP contribution in [-0.4, -0.2) is 68.2 Å². The third kappa shape index (κ3) is 18.9. The Morgan fingerprint density at radius 1 is 0.355 bits per heavy atom. The smallest absolute Gasteiger partial charge is 0.129 e. The van der Waals surface area contributed by atoms with Crippen molar-refractivity contribution in [2.45, 2.75) is 78.6 Å². The molecule has 4 N–H and O–H groups in total. The minimum Gasteiger partial charge on any atom is -0.400 e. The van der Waals surface area contributed by atoms with Crippen LogP contribution in [0, 0.1) is 45.9 Å². The van der Waals surface area contributed by atoms with Crippen molar-refractivity contribution in [1.29, 1.82) is 0 Å². The lowest BCUT2D eigenvalue weighted by Gasteiger charge is -2.21. The van der Waals surface area contributed by atoms with Gasteiger partial charge in [0.1, 0.15) is 32.3 Å². The van der Waals surface area contributed by atoms with Gasteiger partial charge in [-0.1, -0.05) is 102 Å². The van der Waals surface area contributed by atoms with Crippen LogP contribution in [0.5, 0.6) is 0 Å². The Kier molecular flexibility index (Phi) is 18.8. The topological polar surface area (TPSA) is 89.2 Å². The monoisotopic (exact) mass is 888 g/mol. The minimum atomic E-state index is -1.50. The number of hydrogen-bond donors (Lipinski definition) is 4. The largest absolute Gasteiger partial charge is 0.400 e. The third-order valence-corrected chi connectivity index (χ3v) is 11.5. The first-order valence-corrected chi connectivity index (χ1v) is 34.7. The van der Waals surface area contributed by atoms with Crippen molar-refractivity contribution < 1.29 is 10.2 Å². The molecule has 62 heavy (non-hydrogen) atoms. The Labute approximate surface area is 376 Å². The first kappa shape index (κ1) is 50.7. The molecule has 4 aromatic carbocycles. The van der Waals surface area contributed by atoms with Crippen molar-refractivity contribution in [3.8, 4) is 45.9 Å². The molecule has 0 aliphatic heterocycles. The zero-order valence-electron chi connectivity index (χ0n) is 39.2. The predicted octanol–water partition coefficient (Wildman–Crippen LogP) is 11.7. The molecule has 0 radical (unpaired) electrons. The lowest BCUT2D eigenvalue weighted by atomic mass is 10.0. The number of anilines is 2. The van der Waals surface area contributed by atoms with Gasteiger partial charge < -0.3 is 20.8 Å². The number of aliphatic hydroxyl groups excluding tert-OH is 2. The van der Waals surface area contributed by atoms with Crippen molar-refractivity contribution in [3.63, 3.8) is 0 Å². The molecule has 1 aliphatic carbocycles. The Balaban J connectivity index is 0.00000249. The molecular weight excluding hydrogens is 825 g/mol. The molecule has 0 atom stereocenters. The lowest BCUT2D eigenvalue weighted by Crippen LogP contribution is -2.22. The van der Waals surface area contributed by atoms with E-state index in [2.05, 4.69) is 196 Å². The fraction of sp³-hybridized carbons (Fsp3) is 0.269. The van der Waals surface area contributed by atoms with E-state index < -0.39 is 32.3 Å². The van der Waals surface area contributed by atoms with Gasteiger partial charge in [-0.25, -0.2) is 9.98 Å². The zero-order chi connectivity index (χ0) is 46.1. The Bertz CT molecular complexity index is 2340. The van der Waals surface area contributed by atoms with Crippen LogP contribution < -0.4 is 10.6 Å². The van der Waals surface area contributed by atoms with Crippen molar-refractivity contribution in [1.82, 2.24) is 0 Å². The molecule has 0 saturated carbocycles. The average Bonchev–Trinajstić information content (AvgIpc) is 3.21. The van der Waals surface area contributed by atoms with Crippen LogP contribution >= 0.6 is 0 Å². The van der Waals surface area contributed by atoms with E-state index in [1.165, 1.54) is 0 Å². The van der Waals surface area contributed by atoms with E-state index in [9.17, 15) is 0 Å². The van der Waals surface area contributed by atoms with Crippen molar-refractivity contribution in [2.75, 3.05) is 24.9 Å². The van der Waals surface area contributed by atoms with Gasteiger partial charge in [0.25, 0.3) is 0 Å². The SMILES string of the molecule is CO.CO.C[Si](C)(C)C#Cc1ccc(N=C2C=C(Nc3ccc(C#C[Si](C)(C)C)cc3)C(=Nc3ccc(C#C[Si](C)(C)C)cc3)C=C2Nc2ccc(C#C[Si](C)(C)C)cc2)cc1. The second-order valence-electron chi connectivity index (χ2n) is 18.6. The molecule has 0 fully saturated rings. The highest BCUT2D eigenvalue weighted by Crippen LogP contribution is 2.26. The van der Waals surface area contributed by atoms with Crippen LogP contribution in [0.4, 0.5) is 22.7 Å². The predicted molar refractivity (Wildman–Crippen MR) is 281 cm³/mol. The fourth-order valence-electron chi connectivity index (χ4n) is 5.10. The van der Waals surface area contributed by atoms with E-state index in [0.717, 1.165) is 82.0 Å². The molecule has 0 heterocycles. The highest BCUT2D eigenvalue weighted by Gasteiger charge is 2.20. The molecule has 0 saturated heterocycles. The van der Waals surface area contributed by atoms with Crippen molar-refractivity contribution in [2.24, 2.45) is 9.98 Å². The minimum absolute atomic E-state index is 0.763. The summed E-state index contributed by atoms with van der Waals surface area (Å²) in [6, 6.07) is 32.9. The Morgan fingerprint density at radius 3 is 0.806 bits per heavy atom. The second-order valence-corrected chi connectivity index (χ2v) is 37.6. The summed E-state index contributed by atoms with van der Waals surface area (Å²) in [5, 5.41) is 21.3. The molecule has 6 nitrogen and oxygen atoms in total. The van der Waals surface area contributed by atoms with Crippen molar-refractivity contribution in [3.05, 3.63) is 143 Å². The maximum Gasteiger partial charge on any atom is 0.129 e. The molecule has 1 aliphatic rings. The maximum absolute atomic E-state index is 7.00. The van der Waals surface area contributed by atoms with E-state index in [1.807, 2.05) is 48.5 Å². The van der Waals surface area contributed by atoms with Crippen molar-refractivity contribution >= 4 is 66.5 Å². The number of nitrogens with zero attached hydrogens (tertiary/aromatic N) is 2. The average molecular weight is 889 g/mol. The van der Waals surface area contributed by atoms with Crippen LogP contribution in [0.3, 0.4) is 0 Å². The van der Waals surface area contributed by atoms with Gasteiger partial charge in [0.05, 0.1) is 34.2 Å². The molecule has 0 bridgehead atoms. The summed E-state index contributed by atoms with van der Waals surface area (Å²) in [5.74, 6) is 13.5. The van der Waals surface area contributed by atoms with Gasteiger partial charge >= 0.3 is 0 Å². The van der Waals surface area contributed by atoms with Crippen LogP contribution in [0.25, 0.3) is 0 Å². The van der Waals surface area contributed by atoms with Gasteiger partial charge in [-0.2, -0.15) is 0 Å². The summed E-state index contributed by atoms with van der Waals surface area (Å²) >= 11 is 0. The quantitative estimate of drug-likeness (QED) is 0.0882. The summed E-state index contributed by atoms with van der Waals surface area (Å²) in [7, 11) is -4.00. The van der Waals surface area contributed by atoms with E-state index in [1.54, 1.807) is 0 Å². The number of aliphatic hydroxyl groups is 2. The highest BCUT2D eigenvalue weighted by molar-refractivity contribution is 6.85. The van der Waals surface area contributed by atoms with E-state index in [4.69, 9.17) is 20.2 Å². The maximum atomic E-state index is 7.00. The summed E-state index contributed by atoms with van der Waals surface area (Å²) in [5.41, 5.74) is 24.5. The lowest BCUT2D eigenvalue weighted by molar-refractivity contribution is 0.399. The van der Waals surface area contributed by atoms with Crippen LogP contribution in [0.2, 0.25) is 78.6 Å². The van der Waals surface area contributed by atoms with E-state index >= 15 is 0 Å². The van der Waals surface area contributed by atoms with Gasteiger partial charge in [-0.3, -0.25) is 0 Å². The molecule has 10 heteroatoms. The van der Waals surface area contributed by atoms with Gasteiger partial charge in [0.2, 0.25) is 0 Å². The summed E-state index contributed by atoms with van der Waals surface area (Å²) in [6.07, 6.45) is 4.14. The highest BCUT2D eigenvalue weighted by atomic mass is 28.3. The normalized spacial score (nSPS) is 13.5. The number of nitrogens with one attached hydrogen (secondary N) is 2. The molecule has 0 unspecified atom stereocenters. The first-order valence-electron chi connectivity index (χ1n) is 20.7. The Hall–Kier alpha value is -5.67. The number of aliphatic imine (C=N–C) groups is 2. The number of hydrogen-bond acceptors (Lipinski definition) is 6. The molecule has 0 spiro atoms. The number of allylic oxidation sites excluding steroid dienone is 2. The molecule has 0 aromatic heterocycles. The zero-order valence-corrected chi connectivity index (χ0v) is 43.2. The molecule has 0 amide bonds. The second kappa shape index (κ2) is 23.0. The van der Waals surface area contributed by atoms with Gasteiger partial charge in [0, 0.05) is 47.8 Å². The van der Waals surface area contributed by atoms with Gasteiger partial charge in [-0.05, 0) is 109 Å². The summed E-state index contributed by atoms with van der Waals surface area (Å²) in [4.78, 5) is 10.4. The van der Waals surface area contributed by atoms with E-state index in [0.29, 0.717) is 0 Å².